The number of hydrogen-bond donors (Lipinski definition) is 3. The van der Waals surface area contributed by atoms with E-state index in [0.717, 1.165) is 5.56 Å². The van der Waals surface area contributed by atoms with Crippen molar-refractivity contribution in [3.63, 3.8) is 0 Å². The summed E-state index contributed by atoms with van der Waals surface area (Å²) in [6.07, 6.45) is 1.22. The number of aliphatic hydroxyl groups is 1. The molecule has 0 spiro atoms. The lowest BCUT2D eigenvalue weighted by molar-refractivity contribution is -0.133. The lowest BCUT2D eigenvalue weighted by Crippen LogP contribution is -2.15. The number of carbonyl (C=O) groups is 2. The highest BCUT2D eigenvalue weighted by atomic mass is 16.4. The highest BCUT2D eigenvalue weighted by Gasteiger charge is 2.25. The molecule has 0 unspecified atom stereocenters. The molecule has 0 bridgehead atoms. The van der Waals surface area contributed by atoms with Crippen molar-refractivity contribution < 1.29 is 19.8 Å². The van der Waals surface area contributed by atoms with Crippen LogP contribution in [-0.4, -0.2) is 42.6 Å². The Kier molecular flexibility index (Phi) is 3.26. The molecule has 2 aromatic rings. The minimum atomic E-state index is -1.31. The van der Waals surface area contributed by atoms with Crippen LogP contribution < -0.4 is 0 Å². The zero-order chi connectivity index (χ0) is 15.7. The number of benzene rings is 1. The van der Waals surface area contributed by atoms with Crippen molar-refractivity contribution in [2.45, 2.75) is 6.42 Å². The maximum Gasteiger partial charge on any atom is 0.335 e. The Hall–Kier alpha value is -3.29. The number of allylic oxidation sites excluding steroid dienone is 2. The second kappa shape index (κ2) is 5.24. The van der Waals surface area contributed by atoms with Crippen molar-refractivity contribution in [1.82, 2.24) is 20.6 Å². The van der Waals surface area contributed by atoms with Gasteiger partial charge < -0.3 is 10.2 Å². The minimum Gasteiger partial charge on any atom is -0.504 e. The van der Waals surface area contributed by atoms with Gasteiger partial charge in [0.15, 0.2) is 5.76 Å². The summed E-state index contributed by atoms with van der Waals surface area (Å²) >= 11 is 0. The third kappa shape index (κ3) is 2.37. The van der Waals surface area contributed by atoms with Gasteiger partial charge in [-0.2, -0.15) is 5.21 Å². The molecular formula is C14H10N4O4. The van der Waals surface area contributed by atoms with Crippen molar-refractivity contribution >= 4 is 17.3 Å². The smallest absolute Gasteiger partial charge is 0.335 e. The SMILES string of the molecule is O=C(O)C1=C(O)C(=O)C=C(c2ccc(-c3nn[nH]n3)cc2)C1. The topological polar surface area (TPSA) is 129 Å². The molecule has 0 saturated carbocycles. The Morgan fingerprint density at radius 1 is 1.18 bits per heavy atom. The van der Waals surface area contributed by atoms with Gasteiger partial charge in [-0.3, -0.25) is 4.79 Å². The number of aliphatic hydroxyl groups excluding tert-OH is 1. The van der Waals surface area contributed by atoms with Crippen LogP contribution in [0.1, 0.15) is 12.0 Å². The van der Waals surface area contributed by atoms with E-state index in [1.165, 1.54) is 6.08 Å². The molecule has 3 N–H and O–H groups in total. The Morgan fingerprint density at radius 3 is 2.45 bits per heavy atom. The maximum atomic E-state index is 11.7. The molecule has 1 aliphatic carbocycles. The average molecular weight is 298 g/mol. The predicted octanol–water partition coefficient (Wildman–Crippen LogP) is 1.12. The first kappa shape index (κ1) is 13.7. The van der Waals surface area contributed by atoms with Crippen LogP contribution in [0.15, 0.2) is 41.7 Å². The van der Waals surface area contributed by atoms with Crippen molar-refractivity contribution in [3.05, 3.63) is 47.2 Å². The number of rotatable bonds is 3. The second-order valence-electron chi connectivity index (χ2n) is 4.66. The number of aliphatic carboxylic acids is 1. The van der Waals surface area contributed by atoms with Gasteiger partial charge in [0, 0.05) is 12.0 Å². The highest BCUT2D eigenvalue weighted by molar-refractivity contribution is 6.13. The molecule has 8 heteroatoms. The van der Waals surface area contributed by atoms with Crippen LogP contribution in [0, 0.1) is 0 Å². The first-order valence-corrected chi connectivity index (χ1v) is 6.31. The van der Waals surface area contributed by atoms with Gasteiger partial charge in [-0.15, -0.1) is 10.2 Å². The molecule has 3 rings (SSSR count). The van der Waals surface area contributed by atoms with Gasteiger partial charge in [0.25, 0.3) is 0 Å². The van der Waals surface area contributed by atoms with Gasteiger partial charge in [-0.05, 0) is 22.4 Å². The van der Waals surface area contributed by atoms with E-state index in [1.807, 2.05) is 0 Å². The molecular weight excluding hydrogens is 288 g/mol. The summed E-state index contributed by atoms with van der Waals surface area (Å²) in [6.45, 7) is 0. The molecule has 0 atom stereocenters. The second-order valence-corrected chi connectivity index (χ2v) is 4.66. The van der Waals surface area contributed by atoms with E-state index in [4.69, 9.17) is 5.11 Å². The van der Waals surface area contributed by atoms with Gasteiger partial charge in [-0.1, -0.05) is 24.3 Å². The molecule has 0 radical (unpaired) electrons. The zero-order valence-corrected chi connectivity index (χ0v) is 11.1. The van der Waals surface area contributed by atoms with Gasteiger partial charge in [0.1, 0.15) is 0 Å². The molecule has 1 heterocycles. The normalized spacial score (nSPS) is 14.9. The number of aromatic amines is 1. The third-order valence-corrected chi connectivity index (χ3v) is 3.31. The quantitative estimate of drug-likeness (QED) is 0.774. The standard InChI is InChI=1S/C14H10N4O4/c19-11-6-9(5-10(12(11)20)14(21)22)7-1-3-8(4-2-7)13-15-17-18-16-13/h1-4,6,20H,5H2,(H,21,22)(H,15,16,17,18). The van der Waals surface area contributed by atoms with Crippen LogP contribution in [0.4, 0.5) is 0 Å². The van der Waals surface area contributed by atoms with Gasteiger partial charge in [0.2, 0.25) is 11.6 Å². The molecule has 0 amide bonds. The number of carbonyl (C=O) groups excluding carboxylic acids is 1. The molecule has 0 saturated heterocycles. The van der Waals surface area contributed by atoms with E-state index in [-0.39, 0.29) is 12.0 Å². The van der Waals surface area contributed by atoms with E-state index in [9.17, 15) is 14.7 Å². The number of hydrogen-bond acceptors (Lipinski definition) is 6. The molecule has 22 heavy (non-hydrogen) atoms. The van der Waals surface area contributed by atoms with Crippen molar-refractivity contribution in [3.8, 4) is 11.4 Å². The van der Waals surface area contributed by atoms with E-state index in [0.29, 0.717) is 17.0 Å². The number of tetrazole rings is 1. The first-order valence-electron chi connectivity index (χ1n) is 6.31. The third-order valence-electron chi connectivity index (χ3n) is 3.31. The van der Waals surface area contributed by atoms with E-state index < -0.39 is 17.5 Å². The average Bonchev–Trinajstić information content (AvgIpc) is 3.04. The summed E-state index contributed by atoms with van der Waals surface area (Å²) < 4.78 is 0. The van der Waals surface area contributed by atoms with Crippen molar-refractivity contribution in [2.75, 3.05) is 0 Å². The monoisotopic (exact) mass is 298 g/mol. The van der Waals surface area contributed by atoms with Crippen LogP contribution >= 0.6 is 0 Å². The summed E-state index contributed by atoms with van der Waals surface area (Å²) in [6, 6.07) is 6.94. The molecule has 1 aromatic heterocycles. The fourth-order valence-corrected chi connectivity index (χ4v) is 2.18. The van der Waals surface area contributed by atoms with Crippen LogP contribution in [0.2, 0.25) is 0 Å². The summed E-state index contributed by atoms with van der Waals surface area (Å²) in [5.74, 6) is -2.29. The number of ketones is 1. The molecule has 1 aromatic carbocycles. The van der Waals surface area contributed by atoms with Crippen molar-refractivity contribution in [2.24, 2.45) is 0 Å². The largest absolute Gasteiger partial charge is 0.504 e. The molecule has 8 nitrogen and oxygen atoms in total. The number of carboxylic acid groups (broad SMARTS) is 1. The Bertz CT molecular complexity index is 804. The number of carboxylic acids is 1. The highest BCUT2D eigenvalue weighted by Crippen LogP contribution is 2.29. The lowest BCUT2D eigenvalue weighted by Gasteiger charge is -2.14. The predicted molar refractivity (Wildman–Crippen MR) is 74.5 cm³/mol. The Balaban J connectivity index is 1.91. The summed E-state index contributed by atoms with van der Waals surface area (Å²) in [5, 5.41) is 32.1. The maximum absolute atomic E-state index is 11.7. The van der Waals surface area contributed by atoms with Crippen LogP contribution in [0.25, 0.3) is 17.0 Å². The van der Waals surface area contributed by atoms with Gasteiger partial charge in [-0.25, -0.2) is 4.79 Å². The van der Waals surface area contributed by atoms with Crippen LogP contribution in [0.5, 0.6) is 0 Å². The van der Waals surface area contributed by atoms with Crippen LogP contribution in [-0.2, 0) is 9.59 Å². The molecule has 110 valence electrons. The first-order chi connectivity index (χ1) is 10.6. The molecule has 1 aliphatic rings. The summed E-state index contributed by atoms with van der Waals surface area (Å²) in [4.78, 5) is 22.7. The van der Waals surface area contributed by atoms with E-state index in [2.05, 4.69) is 20.6 Å². The number of aromatic nitrogens is 4. The van der Waals surface area contributed by atoms with Gasteiger partial charge in [0.05, 0.1) is 5.57 Å². The number of H-pyrrole nitrogens is 1. The lowest BCUT2D eigenvalue weighted by atomic mass is 9.90. The van der Waals surface area contributed by atoms with Crippen molar-refractivity contribution in [1.29, 1.82) is 0 Å². The molecule has 0 aliphatic heterocycles. The number of nitrogens with zero attached hydrogens (tertiary/aromatic N) is 3. The summed E-state index contributed by atoms with van der Waals surface area (Å²) in [7, 11) is 0. The summed E-state index contributed by atoms with van der Waals surface area (Å²) in [5.41, 5.74) is 1.65. The van der Waals surface area contributed by atoms with Gasteiger partial charge >= 0.3 is 5.97 Å². The molecule has 0 fully saturated rings. The fraction of sp³-hybridized carbons (Fsp3) is 0.0714. The van der Waals surface area contributed by atoms with E-state index in [1.54, 1.807) is 24.3 Å². The van der Waals surface area contributed by atoms with Crippen LogP contribution in [0.3, 0.4) is 0 Å². The Labute approximate surface area is 123 Å². The zero-order valence-electron chi connectivity index (χ0n) is 11.1. The Morgan fingerprint density at radius 2 is 1.86 bits per heavy atom. The minimum absolute atomic E-state index is 0.0194. The van der Waals surface area contributed by atoms with E-state index >= 15 is 0 Å². The number of nitrogens with one attached hydrogen (secondary N) is 1. The fourth-order valence-electron chi connectivity index (χ4n) is 2.18.